The molecule has 136 valence electrons. The molecule has 0 spiro atoms. The Labute approximate surface area is 164 Å². The van der Waals surface area contributed by atoms with Crippen molar-refractivity contribution in [1.82, 2.24) is 20.5 Å². The van der Waals surface area contributed by atoms with Crippen LogP contribution in [-0.2, 0) is 4.79 Å². The summed E-state index contributed by atoms with van der Waals surface area (Å²) in [5, 5.41) is 18.0. The summed E-state index contributed by atoms with van der Waals surface area (Å²) in [7, 11) is 0. The van der Waals surface area contributed by atoms with E-state index >= 15 is 0 Å². The first-order chi connectivity index (χ1) is 12.8. The maximum atomic E-state index is 12.5. The van der Waals surface area contributed by atoms with Crippen LogP contribution in [0.2, 0.25) is 0 Å². The number of hydrogen-bond acceptors (Lipinski definition) is 8. The van der Waals surface area contributed by atoms with Gasteiger partial charge in [-0.1, -0.05) is 60.4 Å². The Morgan fingerprint density at radius 1 is 1.27 bits per heavy atom. The molecule has 3 rings (SSSR count). The van der Waals surface area contributed by atoms with Gasteiger partial charge in [0.25, 0.3) is 0 Å². The first-order valence-corrected chi connectivity index (χ1v) is 10.9. The van der Waals surface area contributed by atoms with Crippen molar-refractivity contribution in [1.29, 1.82) is 0 Å². The maximum absolute atomic E-state index is 12.5. The zero-order chi connectivity index (χ0) is 18.2. The van der Waals surface area contributed by atoms with Crippen molar-refractivity contribution in [3.8, 4) is 0 Å². The lowest BCUT2D eigenvalue weighted by Crippen LogP contribution is -2.30. The summed E-state index contributed by atoms with van der Waals surface area (Å²) in [5.41, 5.74) is 1.02. The lowest BCUT2D eigenvalue weighted by Gasteiger charge is -2.16. The van der Waals surface area contributed by atoms with Crippen molar-refractivity contribution in [2.45, 2.75) is 23.7 Å². The Kier molecular flexibility index (Phi) is 6.98. The lowest BCUT2D eigenvalue weighted by atomic mass is 10.1. The summed E-state index contributed by atoms with van der Waals surface area (Å²) in [6.45, 7) is 2.96. The molecule has 3 aromatic rings. The number of carbonyl (C=O) groups excluding carboxylic acids is 1. The van der Waals surface area contributed by atoms with Crippen molar-refractivity contribution in [2.75, 3.05) is 17.6 Å². The van der Waals surface area contributed by atoms with Gasteiger partial charge in [-0.15, -0.1) is 21.5 Å². The highest BCUT2D eigenvalue weighted by atomic mass is 32.2. The van der Waals surface area contributed by atoms with Crippen LogP contribution in [0.1, 0.15) is 30.0 Å². The van der Waals surface area contributed by atoms with E-state index in [4.69, 9.17) is 0 Å². The molecule has 0 aliphatic rings. The van der Waals surface area contributed by atoms with E-state index in [1.165, 1.54) is 34.4 Å². The molecule has 26 heavy (non-hydrogen) atoms. The third kappa shape index (κ3) is 5.26. The first kappa shape index (κ1) is 18.8. The van der Waals surface area contributed by atoms with Crippen molar-refractivity contribution in [3.05, 3.63) is 52.5 Å². The van der Waals surface area contributed by atoms with E-state index in [9.17, 15) is 4.79 Å². The highest BCUT2D eigenvalue weighted by Gasteiger charge is 2.19. The molecule has 0 bridgehead atoms. The van der Waals surface area contributed by atoms with Crippen molar-refractivity contribution in [3.63, 3.8) is 0 Å². The molecule has 6 nitrogen and oxygen atoms in total. The van der Waals surface area contributed by atoms with E-state index in [1.807, 2.05) is 35.7 Å². The van der Waals surface area contributed by atoms with Gasteiger partial charge in [0.2, 0.25) is 11.0 Å². The molecule has 1 atom stereocenters. The number of nitrogens with one attached hydrogen (secondary N) is 2. The standard InChI is InChI=1S/C17H19N5OS3/c1-2-8-19-16-21-22-17(26-16)25-11-13(23)20-14(15-18-9-10-24-15)12-6-4-3-5-7-12/h3-7,9-10,14H,2,8,11H2,1H3,(H,19,21)(H,20,23). The smallest absolute Gasteiger partial charge is 0.231 e. The molecule has 0 aliphatic carbocycles. The van der Waals surface area contributed by atoms with Crippen LogP contribution >= 0.6 is 34.4 Å². The molecular formula is C17H19N5OS3. The van der Waals surface area contributed by atoms with Gasteiger partial charge in [0.1, 0.15) is 11.0 Å². The Morgan fingerprint density at radius 2 is 2.12 bits per heavy atom. The van der Waals surface area contributed by atoms with E-state index in [0.717, 1.165) is 33.0 Å². The number of benzene rings is 1. The van der Waals surface area contributed by atoms with Gasteiger partial charge in [-0.3, -0.25) is 4.79 Å². The zero-order valence-electron chi connectivity index (χ0n) is 14.2. The van der Waals surface area contributed by atoms with Gasteiger partial charge in [-0.05, 0) is 12.0 Å². The number of thiazole rings is 1. The molecule has 2 N–H and O–H groups in total. The van der Waals surface area contributed by atoms with Crippen LogP contribution in [0.5, 0.6) is 0 Å². The van der Waals surface area contributed by atoms with E-state index in [-0.39, 0.29) is 17.7 Å². The van der Waals surface area contributed by atoms with Crippen LogP contribution in [0.15, 0.2) is 46.2 Å². The largest absolute Gasteiger partial charge is 0.360 e. The van der Waals surface area contributed by atoms with Gasteiger partial charge >= 0.3 is 0 Å². The van der Waals surface area contributed by atoms with E-state index in [1.54, 1.807) is 6.20 Å². The van der Waals surface area contributed by atoms with Gasteiger partial charge in [0.05, 0.1) is 5.75 Å². The monoisotopic (exact) mass is 405 g/mol. The fourth-order valence-corrected chi connectivity index (χ4v) is 4.51. The number of carbonyl (C=O) groups is 1. The highest BCUT2D eigenvalue weighted by Crippen LogP contribution is 2.27. The number of thioether (sulfide) groups is 1. The Morgan fingerprint density at radius 3 is 2.85 bits per heavy atom. The molecular weight excluding hydrogens is 386 g/mol. The Bertz CT molecular complexity index is 807. The Balaban J connectivity index is 1.59. The SMILES string of the molecule is CCCNc1nnc(SCC(=O)NC(c2ccccc2)c2nccs2)s1. The molecule has 2 aromatic heterocycles. The Hall–Kier alpha value is -1.97. The second-order valence-corrected chi connectivity index (χ2v) is 8.50. The van der Waals surface area contributed by atoms with Gasteiger partial charge in [-0.25, -0.2) is 4.98 Å². The molecule has 1 aromatic carbocycles. The number of nitrogens with zero attached hydrogens (tertiary/aromatic N) is 3. The normalized spacial score (nSPS) is 11.9. The predicted molar refractivity (Wildman–Crippen MR) is 108 cm³/mol. The van der Waals surface area contributed by atoms with Crippen LogP contribution in [0, 0.1) is 0 Å². The number of anilines is 1. The third-order valence-electron chi connectivity index (χ3n) is 3.40. The lowest BCUT2D eigenvalue weighted by molar-refractivity contribution is -0.119. The fourth-order valence-electron chi connectivity index (χ4n) is 2.21. The summed E-state index contributed by atoms with van der Waals surface area (Å²) in [5.74, 6) is 0.231. The second kappa shape index (κ2) is 9.65. The number of amides is 1. The molecule has 9 heteroatoms. The van der Waals surface area contributed by atoms with Gasteiger partial charge in [-0.2, -0.15) is 0 Å². The minimum atomic E-state index is -0.236. The molecule has 0 radical (unpaired) electrons. The molecule has 1 amide bonds. The average molecular weight is 406 g/mol. The summed E-state index contributed by atoms with van der Waals surface area (Å²) in [6, 6.07) is 9.64. The number of rotatable bonds is 9. The van der Waals surface area contributed by atoms with Crippen molar-refractivity contribution < 1.29 is 4.79 Å². The van der Waals surface area contributed by atoms with Gasteiger partial charge in [0.15, 0.2) is 4.34 Å². The topological polar surface area (TPSA) is 79.8 Å². The predicted octanol–water partition coefficient (Wildman–Crippen LogP) is 3.81. The molecule has 0 aliphatic heterocycles. The fraction of sp³-hybridized carbons (Fsp3) is 0.294. The van der Waals surface area contributed by atoms with Crippen LogP contribution in [-0.4, -0.2) is 33.4 Å². The van der Waals surface area contributed by atoms with Crippen LogP contribution < -0.4 is 10.6 Å². The molecule has 1 unspecified atom stereocenters. The van der Waals surface area contributed by atoms with Crippen LogP contribution in [0.3, 0.4) is 0 Å². The number of hydrogen-bond donors (Lipinski definition) is 2. The number of aromatic nitrogens is 3. The first-order valence-electron chi connectivity index (χ1n) is 8.20. The van der Waals surface area contributed by atoms with Crippen molar-refractivity contribution >= 4 is 45.5 Å². The van der Waals surface area contributed by atoms with E-state index in [0.29, 0.717) is 0 Å². The molecule has 0 saturated heterocycles. The zero-order valence-corrected chi connectivity index (χ0v) is 16.7. The summed E-state index contributed by atoms with van der Waals surface area (Å²) >= 11 is 4.39. The van der Waals surface area contributed by atoms with Crippen LogP contribution in [0.25, 0.3) is 0 Å². The average Bonchev–Trinajstić information content (AvgIpc) is 3.35. The molecule has 2 heterocycles. The second-order valence-electron chi connectivity index (χ2n) is 5.37. The van der Waals surface area contributed by atoms with Gasteiger partial charge < -0.3 is 10.6 Å². The molecule has 0 fully saturated rings. The van der Waals surface area contributed by atoms with E-state index < -0.39 is 0 Å². The quantitative estimate of drug-likeness (QED) is 0.527. The summed E-state index contributed by atoms with van der Waals surface area (Å²) < 4.78 is 0.782. The third-order valence-corrected chi connectivity index (χ3v) is 6.25. The summed E-state index contributed by atoms with van der Waals surface area (Å²) in [4.78, 5) is 16.8. The van der Waals surface area contributed by atoms with Crippen molar-refractivity contribution in [2.24, 2.45) is 0 Å². The summed E-state index contributed by atoms with van der Waals surface area (Å²) in [6.07, 6.45) is 2.78. The van der Waals surface area contributed by atoms with Gasteiger partial charge in [0, 0.05) is 18.1 Å². The van der Waals surface area contributed by atoms with Crippen LogP contribution in [0.4, 0.5) is 5.13 Å². The van der Waals surface area contributed by atoms with E-state index in [2.05, 4.69) is 32.7 Å². The highest BCUT2D eigenvalue weighted by molar-refractivity contribution is 8.01. The minimum absolute atomic E-state index is 0.0580. The maximum Gasteiger partial charge on any atom is 0.231 e. The molecule has 0 saturated carbocycles. The minimum Gasteiger partial charge on any atom is -0.360 e.